The van der Waals surface area contributed by atoms with Crippen LogP contribution in [-0.4, -0.2) is 18.3 Å². The number of nitrogens with one attached hydrogen (secondary N) is 1. The van der Waals surface area contributed by atoms with Crippen LogP contribution in [-0.2, 0) is 4.79 Å². The summed E-state index contributed by atoms with van der Waals surface area (Å²) >= 11 is 5.66. The van der Waals surface area contributed by atoms with Crippen molar-refractivity contribution in [1.82, 2.24) is 5.32 Å². The van der Waals surface area contributed by atoms with E-state index in [4.69, 9.17) is 11.6 Å². The number of amides is 1. The molecule has 0 aliphatic rings. The van der Waals surface area contributed by atoms with E-state index in [1.165, 1.54) is 0 Å². The fourth-order valence-corrected chi connectivity index (χ4v) is 1.10. The van der Waals surface area contributed by atoms with Gasteiger partial charge in [0.15, 0.2) is 0 Å². The number of hydrogen-bond donors (Lipinski definition) is 1. The first-order valence-electron chi connectivity index (χ1n) is 4.91. The van der Waals surface area contributed by atoms with Crippen LogP contribution < -0.4 is 5.32 Å². The molecule has 0 bridgehead atoms. The average Bonchev–Trinajstić information content (AvgIpc) is 2.11. The second-order valence-corrected chi connectivity index (χ2v) is 4.16. The lowest BCUT2D eigenvalue weighted by atomic mass is 10.1. The monoisotopic (exact) mass is 205 g/mol. The van der Waals surface area contributed by atoms with Crippen molar-refractivity contribution in [1.29, 1.82) is 0 Å². The fourth-order valence-electron chi connectivity index (χ4n) is 0.943. The number of carbonyl (C=O) groups excluding carboxylic acids is 1. The molecule has 0 heterocycles. The number of carbonyl (C=O) groups is 1. The molecule has 0 aliphatic carbocycles. The molecule has 0 saturated heterocycles. The molecule has 78 valence electrons. The van der Waals surface area contributed by atoms with Gasteiger partial charge in [-0.1, -0.05) is 20.8 Å². The molecule has 3 heteroatoms. The molecule has 0 saturated carbocycles. The van der Waals surface area contributed by atoms with Crippen molar-refractivity contribution in [2.75, 3.05) is 12.4 Å². The van der Waals surface area contributed by atoms with Gasteiger partial charge >= 0.3 is 0 Å². The van der Waals surface area contributed by atoms with Crippen molar-refractivity contribution >= 4 is 17.5 Å². The molecule has 13 heavy (non-hydrogen) atoms. The van der Waals surface area contributed by atoms with Gasteiger partial charge in [0.25, 0.3) is 0 Å². The van der Waals surface area contributed by atoms with Crippen LogP contribution >= 0.6 is 11.6 Å². The summed E-state index contributed by atoms with van der Waals surface area (Å²) in [6, 6.07) is 0. The first kappa shape index (κ1) is 12.8. The SMILES string of the molecule is CC(CCl)CCCNC(=O)C(C)C. The molecule has 0 fully saturated rings. The zero-order valence-corrected chi connectivity index (χ0v) is 9.53. The molecule has 0 spiro atoms. The maximum atomic E-state index is 11.1. The zero-order chi connectivity index (χ0) is 10.3. The highest BCUT2D eigenvalue weighted by Gasteiger charge is 2.05. The van der Waals surface area contributed by atoms with Gasteiger partial charge in [0.2, 0.25) is 5.91 Å². The van der Waals surface area contributed by atoms with E-state index in [1.807, 2.05) is 13.8 Å². The van der Waals surface area contributed by atoms with Gasteiger partial charge in [-0.2, -0.15) is 0 Å². The van der Waals surface area contributed by atoms with Crippen molar-refractivity contribution in [3.8, 4) is 0 Å². The van der Waals surface area contributed by atoms with Crippen molar-refractivity contribution < 1.29 is 4.79 Å². The molecule has 0 aliphatic heterocycles. The Balaban J connectivity index is 3.31. The lowest BCUT2D eigenvalue weighted by Crippen LogP contribution is -2.28. The van der Waals surface area contributed by atoms with Gasteiger partial charge in [-0.15, -0.1) is 11.6 Å². The highest BCUT2D eigenvalue weighted by molar-refractivity contribution is 6.18. The predicted molar refractivity (Wildman–Crippen MR) is 57.0 cm³/mol. The molecular formula is C10H20ClNO. The topological polar surface area (TPSA) is 29.1 Å². The average molecular weight is 206 g/mol. The third-order valence-corrected chi connectivity index (χ3v) is 2.49. The van der Waals surface area contributed by atoms with Crippen molar-refractivity contribution in [2.24, 2.45) is 11.8 Å². The van der Waals surface area contributed by atoms with Crippen LogP contribution in [0.1, 0.15) is 33.6 Å². The minimum Gasteiger partial charge on any atom is -0.356 e. The van der Waals surface area contributed by atoms with E-state index in [0.717, 1.165) is 19.4 Å². The molecule has 1 unspecified atom stereocenters. The van der Waals surface area contributed by atoms with E-state index in [9.17, 15) is 4.79 Å². The van der Waals surface area contributed by atoms with E-state index in [1.54, 1.807) is 0 Å². The van der Waals surface area contributed by atoms with Crippen LogP contribution in [0.15, 0.2) is 0 Å². The van der Waals surface area contributed by atoms with E-state index in [-0.39, 0.29) is 11.8 Å². The number of alkyl halides is 1. The Morgan fingerprint density at radius 3 is 2.46 bits per heavy atom. The summed E-state index contributed by atoms with van der Waals surface area (Å²) in [5.74, 6) is 1.49. The third kappa shape index (κ3) is 6.88. The van der Waals surface area contributed by atoms with Gasteiger partial charge in [0.05, 0.1) is 0 Å². The highest BCUT2D eigenvalue weighted by atomic mass is 35.5. The van der Waals surface area contributed by atoms with Crippen LogP contribution in [0.4, 0.5) is 0 Å². The Morgan fingerprint density at radius 1 is 1.38 bits per heavy atom. The maximum Gasteiger partial charge on any atom is 0.222 e. The lowest BCUT2D eigenvalue weighted by Gasteiger charge is -2.09. The molecule has 1 N–H and O–H groups in total. The van der Waals surface area contributed by atoms with Gasteiger partial charge in [-0.3, -0.25) is 4.79 Å². The Labute approximate surface area is 86.0 Å². The number of rotatable bonds is 6. The zero-order valence-electron chi connectivity index (χ0n) is 8.77. The standard InChI is InChI=1S/C10H20ClNO/c1-8(2)10(13)12-6-4-5-9(3)7-11/h8-9H,4-7H2,1-3H3,(H,12,13). The van der Waals surface area contributed by atoms with Crippen LogP contribution in [0.3, 0.4) is 0 Å². The first-order chi connectivity index (χ1) is 6.07. The van der Waals surface area contributed by atoms with Crippen molar-refractivity contribution in [3.63, 3.8) is 0 Å². The maximum absolute atomic E-state index is 11.1. The second-order valence-electron chi connectivity index (χ2n) is 3.85. The van der Waals surface area contributed by atoms with Gasteiger partial charge in [-0.25, -0.2) is 0 Å². The highest BCUT2D eigenvalue weighted by Crippen LogP contribution is 2.06. The number of halogens is 1. The molecular weight excluding hydrogens is 186 g/mol. The van der Waals surface area contributed by atoms with Crippen molar-refractivity contribution in [3.05, 3.63) is 0 Å². The normalized spacial score (nSPS) is 13.0. The Hall–Kier alpha value is -0.240. The molecule has 2 nitrogen and oxygen atoms in total. The van der Waals surface area contributed by atoms with E-state index >= 15 is 0 Å². The van der Waals surface area contributed by atoms with Crippen LogP contribution in [0.25, 0.3) is 0 Å². The Bertz CT molecular complexity index is 148. The van der Waals surface area contributed by atoms with Crippen LogP contribution in [0.5, 0.6) is 0 Å². The summed E-state index contributed by atoms with van der Waals surface area (Å²) in [4.78, 5) is 11.1. The third-order valence-electron chi connectivity index (χ3n) is 1.96. The van der Waals surface area contributed by atoms with Crippen LogP contribution in [0, 0.1) is 11.8 Å². The summed E-state index contributed by atoms with van der Waals surface area (Å²) in [6.07, 6.45) is 2.11. The Morgan fingerprint density at radius 2 is 2.00 bits per heavy atom. The fraction of sp³-hybridized carbons (Fsp3) is 0.900. The summed E-state index contributed by atoms with van der Waals surface area (Å²) in [6.45, 7) is 6.70. The minimum absolute atomic E-state index is 0.0884. The van der Waals surface area contributed by atoms with E-state index in [0.29, 0.717) is 11.8 Å². The van der Waals surface area contributed by atoms with Crippen LogP contribution in [0.2, 0.25) is 0 Å². The van der Waals surface area contributed by atoms with Crippen molar-refractivity contribution in [2.45, 2.75) is 33.6 Å². The minimum atomic E-state index is 0.0884. The second kappa shape index (κ2) is 7.19. The summed E-state index contributed by atoms with van der Waals surface area (Å²) in [5, 5.41) is 2.88. The molecule has 1 atom stereocenters. The smallest absolute Gasteiger partial charge is 0.222 e. The van der Waals surface area contributed by atoms with E-state index in [2.05, 4.69) is 12.2 Å². The summed E-state index contributed by atoms with van der Waals surface area (Å²) < 4.78 is 0. The van der Waals surface area contributed by atoms with Gasteiger partial charge in [-0.05, 0) is 18.8 Å². The predicted octanol–water partition coefficient (Wildman–Crippen LogP) is 2.41. The molecule has 0 rings (SSSR count). The van der Waals surface area contributed by atoms with Gasteiger partial charge < -0.3 is 5.32 Å². The number of hydrogen-bond acceptors (Lipinski definition) is 1. The first-order valence-corrected chi connectivity index (χ1v) is 5.45. The molecule has 0 aromatic rings. The largest absolute Gasteiger partial charge is 0.356 e. The molecule has 0 radical (unpaired) electrons. The summed E-state index contributed by atoms with van der Waals surface area (Å²) in [7, 11) is 0. The molecule has 0 aromatic heterocycles. The Kier molecular flexibility index (Phi) is 7.06. The molecule has 1 amide bonds. The molecule has 0 aromatic carbocycles. The lowest BCUT2D eigenvalue weighted by molar-refractivity contribution is -0.123. The quantitative estimate of drug-likeness (QED) is 0.524. The summed E-state index contributed by atoms with van der Waals surface area (Å²) in [5.41, 5.74) is 0. The van der Waals surface area contributed by atoms with Gasteiger partial charge in [0, 0.05) is 18.3 Å². The van der Waals surface area contributed by atoms with E-state index < -0.39 is 0 Å². The van der Waals surface area contributed by atoms with Gasteiger partial charge in [0.1, 0.15) is 0 Å².